The molecule has 0 aliphatic heterocycles. The van der Waals surface area contributed by atoms with E-state index in [1.807, 2.05) is 30.3 Å². The maximum absolute atomic E-state index is 13.7. The van der Waals surface area contributed by atoms with Gasteiger partial charge < -0.3 is 0 Å². The molecule has 2 aromatic heterocycles. The maximum Gasteiger partial charge on any atom is 0.291 e. The molecule has 0 amide bonds. The lowest BCUT2D eigenvalue weighted by Crippen LogP contribution is -2.24. The fourth-order valence-corrected chi connectivity index (χ4v) is 3.38. The number of aromatic nitrogens is 3. The highest BCUT2D eigenvalue weighted by atomic mass is 32.1. The second-order valence-electron chi connectivity index (χ2n) is 5.32. The minimum atomic E-state index is -0.360. The molecule has 0 saturated carbocycles. The van der Waals surface area contributed by atoms with Gasteiger partial charge in [0.15, 0.2) is 5.82 Å². The monoisotopic (exact) mass is 337 g/mol. The molecule has 4 aromatic rings. The van der Waals surface area contributed by atoms with Gasteiger partial charge in [-0.15, -0.1) is 5.10 Å². The fourth-order valence-electron chi connectivity index (χ4n) is 2.46. The largest absolute Gasteiger partial charge is 0.291 e. The highest BCUT2D eigenvalue weighted by molar-refractivity contribution is 7.15. The van der Waals surface area contributed by atoms with Crippen molar-refractivity contribution in [3.05, 3.63) is 92.3 Å². The van der Waals surface area contributed by atoms with E-state index < -0.39 is 0 Å². The Kier molecular flexibility index (Phi) is 3.66. The topological polar surface area (TPSA) is 47.3 Å². The van der Waals surface area contributed by atoms with E-state index in [1.54, 1.807) is 18.2 Å². The van der Waals surface area contributed by atoms with Crippen LogP contribution in [0.2, 0.25) is 0 Å². The number of fused-ring (bicyclic) bond motifs is 1. The van der Waals surface area contributed by atoms with E-state index in [0.29, 0.717) is 27.3 Å². The van der Waals surface area contributed by atoms with Crippen LogP contribution in [0.5, 0.6) is 0 Å². The van der Waals surface area contributed by atoms with Crippen molar-refractivity contribution in [2.75, 3.05) is 0 Å². The number of nitrogens with zero attached hydrogens (tertiary/aromatic N) is 3. The van der Waals surface area contributed by atoms with Gasteiger partial charge in [0.2, 0.25) is 4.96 Å². The molecular formula is C18H12FN3OS. The van der Waals surface area contributed by atoms with Crippen LogP contribution in [0.1, 0.15) is 17.0 Å². The minimum Gasteiger partial charge on any atom is -0.266 e. The van der Waals surface area contributed by atoms with Gasteiger partial charge in [-0.2, -0.15) is 4.52 Å². The quantitative estimate of drug-likeness (QED) is 0.577. The molecule has 2 heterocycles. The highest BCUT2D eigenvalue weighted by Gasteiger charge is 2.11. The third-order valence-electron chi connectivity index (χ3n) is 3.62. The first-order chi connectivity index (χ1) is 11.7. The summed E-state index contributed by atoms with van der Waals surface area (Å²) in [6.45, 7) is 0. The third-order valence-corrected chi connectivity index (χ3v) is 4.58. The minimum absolute atomic E-state index is 0.273. The first kappa shape index (κ1) is 14.7. The summed E-state index contributed by atoms with van der Waals surface area (Å²) < 4.78 is 15.4. The highest BCUT2D eigenvalue weighted by Crippen LogP contribution is 2.10. The molecule has 0 radical (unpaired) electrons. The molecule has 24 heavy (non-hydrogen) atoms. The van der Waals surface area contributed by atoms with Gasteiger partial charge in [-0.25, -0.2) is 9.37 Å². The van der Waals surface area contributed by atoms with Crippen LogP contribution < -0.4 is 10.1 Å². The molecule has 0 fully saturated rings. The average Bonchev–Trinajstić information content (AvgIpc) is 3.10. The molecular weight excluding hydrogens is 325 g/mol. The summed E-state index contributed by atoms with van der Waals surface area (Å²) in [5.74, 6) is 0.239. The summed E-state index contributed by atoms with van der Waals surface area (Å²) >= 11 is 1.21. The Balaban J connectivity index is 1.74. The molecule has 2 aromatic carbocycles. The summed E-state index contributed by atoms with van der Waals surface area (Å²) in [5.41, 5.74) is 1.19. The summed E-state index contributed by atoms with van der Waals surface area (Å²) in [4.78, 5) is 17.4. The molecule has 0 N–H and O–H groups in total. The number of benzene rings is 2. The zero-order valence-corrected chi connectivity index (χ0v) is 13.3. The molecule has 0 unspecified atom stereocenters. The van der Waals surface area contributed by atoms with Crippen molar-refractivity contribution in [1.29, 1.82) is 0 Å². The van der Waals surface area contributed by atoms with Crippen LogP contribution in [-0.4, -0.2) is 14.6 Å². The van der Waals surface area contributed by atoms with Crippen LogP contribution in [-0.2, 0) is 6.42 Å². The van der Waals surface area contributed by atoms with Gasteiger partial charge in [-0.1, -0.05) is 59.9 Å². The summed E-state index contributed by atoms with van der Waals surface area (Å²) in [7, 11) is 0. The van der Waals surface area contributed by atoms with Crippen LogP contribution in [0.3, 0.4) is 0 Å². The second-order valence-corrected chi connectivity index (χ2v) is 6.33. The van der Waals surface area contributed by atoms with E-state index in [0.717, 1.165) is 5.56 Å². The number of thiazole rings is 1. The van der Waals surface area contributed by atoms with Gasteiger partial charge in [0.25, 0.3) is 5.56 Å². The van der Waals surface area contributed by atoms with E-state index in [2.05, 4.69) is 10.1 Å². The lowest BCUT2D eigenvalue weighted by atomic mass is 10.1. The van der Waals surface area contributed by atoms with E-state index in [4.69, 9.17) is 0 Å². The number of rotatable bonds is 3. The lowest BCUT2D eigenvalue weighted by Gasteiger charge is -1.94. The van der Waals surface area contributed by atoms with Gasteiger partial charge >= 0.3 is 0 Å². The Hall–Kier alpha value is -2.86. The molecule has 4 nitrogen and oxygen atoms in total. The molecule has 0 atom stereocenters. The Morgan fingerprint density at radius 3 is 2.58 bits per heavy atom. The number of hydrogen-bond acceptors (Lipinski definition) is 4. The lowest BCUT2D eigenvalue weighted by molar-refractivity contribution is 0.625. The van der Waals surface area contributed by atoms with Gasteiger partial charge in [0.1, 0.15) is 5.82 Å². The first-order valence-electron chi connectivity index (χ1n) is 7.39. The molecule has 0 spiro atoms. The van der Waals surface area contributed by atoms with Crippen LogP contribution >= 0.6 is 11.3 Å². The molecule has 118 valence electrons. The van der Waals surface area contributed by atoms with Crippen LogP contribution in [0.4, 0.5) is 4.39 Å². The van der Waals surface area contributed by atoms with Crippen LogP contribution in [0.25, 0.3) is 11.0 Å². The van der Waals surface area contributed by atoms with E-state index in [9.17, 15) is 9.18 Å². The number of hydrogen-bond donors (Lipinski definition) is 0. The van der Waals surface area contributed by atoms with Crippen LogP contribution in [0, 0.1) is 5.82 Å². The smallest absolute Gasteiger partial charge is 0.266 e. The SMILES string of the molecule is O=c1/c(=C/c2ccccc2F)sc2nc(Cc3ccccc3)nn12. The Morgan fingerprint density at radius 1 is 1.08 bits per heavy atom. The van der Waals surface area contributed by atoms with E-state index >= 15 is 0 Å². The van der Waals surface area contributed by atoms with Gasteiger partial charge in [-0.3, -0.25) is 4.79 Å². The molecule has 0 aliphatic rings. The average molecular weight is 337 g/mol. The fraction of sp³-hybridized carbons (Fsp3) is 0.0556. The molecule has 0 bridgehead atoms. The number of halogens is 1. The molecule has 0 aliphatic carbocycles. The van der Waals surface area contributed by atoms with Crippen LogP contribution in [0.15, 0.2) is 59.4 Å². The molecule has 0 saturated heterocycles. The van der Waals surface area contributed by atoms with Crippen molar-refractivity contribution in [2.45, 2.75) is 6.42 Å². The van der Waals surface area contributed by atoms with Crippen molar-refractivity contribution in [3.63, 3.8) is 0 Å². The zero-order chi connectivity index (χ0) is 16.5. The Labute approximate surface area is 140 Å². The van der Waals surface area contributed by atoms with Gasteiger partial charge in [0.05, 0.1) is 4.53 Å². The van der Waals surface area contributed by atoms with Crippen molar-refractivity contribution in [1.82, 2.24) is 14.6 Å². The van der Waals surface area contributed by atoms with E-state index in [-0.39, 0.29) is 11.4 Å². The van der Waals surface area contributed by atoms with E-state index in [1.165, 1.54) is 28.0 Å². The first-order valence-corrected chi connectivity index (χ1v) is 8.21. The van der Waals surface area contributed by atoms with Crippen molar-refractivity contribution in [2.24, 2.45) is 0 Å². The predicted octanol–water partition coefficient (Wildman–Crippen LogP) is 2.43. The molecule has 4 rings (SSSR count). The zero-order valence-electron chi connectivity index (χ0n) is 12.5. The summed E-state index contributed by atoms with van der Waals surface area (Å²) in [6, 6.07) is 16.2. The van der Waals surface area contributed by atoms with Crippen molar-refractivity contribution in [3.8, 4) is 0 Å². The van der Waals surface area contributed by atoms with Crippen molar-refractivity contribution < 1.29 is 4.39 Å². The van der Waals surface area contributed by atoms with Gasteiger partial charge in [-0.05, 0) is 17.7 Å². The van der Waals surface area contributed by atoms with Gasteiger partial charge in [0, 0.05) is 12.0 Å². The van der Waals surface area contributed by atoms with Crippen molar-refractivity contribution >= 4 is 22.4 Å². The normalized spacial score (nSPS) is 12.1. The standard InChI is InChI=1S/C18H12FN3OS/c19-14-9-5-4-8-13(14)11-15-17(23)22-18(24-15)20-16(21-22)10-12-6-2-1-3-7-12/h1-9,11H,10H2/b15-11-. The summed E-state index contributed by atoms with van der Waals surface area (Å²) in [5, 5.41) is 4.28. The Bertz CT molecular complexity index is 1120. The predicted molar refractivity (Wildman–Crippen MR) is 91.6 cm³/mol. The summed E-state index contributed by atoms with van der Waals surface area (Å²) in [6.07, 6.45) is 2.11. The third kappa shape index (κ3) is 2.72. The maximum atomic E-state index is 13.7. The second kappa shape index (κ2) is 5.98. The Morgan fingerprint density at radius 2 is 1.83 bits per heavy atom. The molecule has 6 heteroatoms.